The largest absolute Gasteiger partial charge is 0.497 e. The van der Waals surface area contributed by atoms with Crippen LogP contribution >= 0.6 is 0 Å². The van der Waals surface area contributed by atoms with Crippen molar-refractivity contribution in [2.75, 3.05) is 17.3 Å². The Balaban J connectivity index is 1.80. The molecule has 5 heteroatoms. The van der Waals surface area contributed by atoms with Gasteiger partial charge in [0.2, 0.25) is 0 Å². The van der Waals surface area contributed by atoms with Crippen LogP contribution in [0, 0.1) is 13.8 Å². The first-order chi connectivity index (χ1) is 15.4. The number of hydrogen-bond donors (Lipinski definition) is 1. The normalized spacial score (nSPS) is 13.7. The van der Waals surface area contributed by atoms with Crippen LogP contribution in [0.1, 0.15) is 29.2 Å². The van der Waals surface area contributed by atoms with Gasteiger partial charge in [0, 0.05) is 5.69 Å². The van der Waals surface area contributed by atoms with Crippen LogP contribution in [0.4, 0.5) is 11.4 Å². The molecule has 5 nitrogen and oxygen atoms in total. The minimum Gasteiger partial charge on any atom is -0.497 e. The number of amides is 2. The minimum absolute atomic E-state index is 0.267. The summed E-state index contributed by atoms with van der Waals surface area (Å²) in [7, 11) is 1.59. The van der Waals surface area contributed by atoms with Crippen molar-refractivity contribution in [3.8, 4) is 5.75 Å². The molecule has 0 saturated heterocycles. The van der Waals surface area contributed by atoms with Crippen LogP contribution in [0.5, 0.6) is 5.75 Å². The van der Waals surface area contributed by atoms with Gasteiger partial charge < -0.3 is 10.1 Å². The monoisotopic (exact) mass is 426 g/mol. The van der Waals surface area contributed by atoms with E-state index in [9.17, 15) is 9.59 Å². The number of carbonyl (C=O) groups is 2. The Kier molecular flexibility index (Phi) is 5.82. The number of aryl methyl sites for hydroxylation is 3. The van der Waals surface area contributed by atoms with E-state index >= 15 is 0 Å². The molecule has 32 heavy (non-hydrogen) atoms. The number of hydrogen-bond acceptors (Lipinski definition) is 4. The van der Waals surface area contributed by atoms with Crippen molar-refractivity contribution in [2.45, 2.75) is 27.2 Å². The van der Waals surface area contributed by atoms with Crippen molar-refractivity contribution in [2.24, 2.45) is 0 Å². The van der Waals surface area contributed by atoms with E-state index in [0.717, 1.165) is 23.2 Å². The molecule has 0 fully saturated rings. The molecule has 0 bridgehead atoms. The summed E-state index contributed by atoms with van der Waals surface area (Å²) in [6, 6.07) is 20.8. The van der Waals surface area contributed by atoms with Gasteiger partial charge in [-0.05, 0) is 78.9 Å². The predicted octanol–water partition coefficient (Wildman–Crippen LogP) is 5.27. The molecule has 4 rings (SSSR count). The second kappa shape index (κ2) is 8.71. The smallest absolute Gasteiger partial charge is 0.282 e. The molecule has 1 N–H and O–H groups in total. The summed E-state index contributed by atoms with van der Waals surface area (Å²) in [5, 5.41) is 3.21. The van der Waals surface area contributed by atoms with Crippen LogP contribution in [0.25, 0.3) is 5.57 Å². The van der Waals surface area contributed by atoms with Crippen LogP contribution in [-0.4, -0.2) is 18.9 Å². The summed E-state index contributed by atoms with van der Waals surface area (Å²) in [6.45, 7) is 6.00. The average Bonchev–Trinajstić information content (AvgIpc) is 3.03. The van der Waals surface area contributed by atoms with Gasteiger partial charge in [-0.25, -0.2) is 4.90 Å². The minimum atomic E-state index is -0.370. The second-order valence-electron chi connectivity index (χ2n) is 7.95. The fourth-order valence-corrected chi connectivity index (χ4v) is 3.95. The highest BCUT2D eigenvalue weighted by atomic mass is 16.5. The van der Waals surface area contributed by atoms with Crippen LogP contribution in [0.2, 0.25) is 0 Å². The number of imide groups is 1. The molecule has 162 valence electrons. The fourth-order valence-electron chi connectivity index (χ4n) is 3.95. The number of rotatable bonds is 6. The van der Waals surface area contributed by atoms with Crippen molar-refractivity contribution in [3.63, 3.8) is 0 Å². The van der Waals surface area contributed by atoms with Crippen LogP contribution in [0.3, 0.4) is 0 Å². The van der Waals surface area contributed by atoms with Gasteiger partial charge in [0.1, 0.15) is 11.4 Å². The maximum atomic E-state index is 13.6. The van der Waals surface area contributed by atoms with Crippen molar-refractivity contribution >= 4 is 28.8 Å². The molecular weight excluding hydrogens is 400 g/mol. The maximum absolute atomic E-state index is 13.6. The average molecular weight is 427 g/mol. The lowest BCUT2D eigenvalue weighted by atomic mass is 10.0. The lowest BCUT2D eigenvalue weighted by Crippen LogP contribution is -2.32. The van der Waals surface area contributed by atoms with Crippen LogP contribution in [0.15, 0.2) is 72.4 Å². The van der Waals surface area contributed by atoms with Gasteiger partial charge in [-0.2, -0.15) is 0 Å². The van der Waals surface area contributed by atoms with E-state index in [2.05, 4.69) is 12.2 Å². The summed E-state index contributed by atoms with van der Waals surface area (Å²) >= 11 is 0. The zero-order valence-electron chi connectivity index (χ0n) is 18.7. The molecule has 1 heterocycles. The van der Waals surface area contributed by atoms with Gasteiger partial charge in [0.25, 0.3) is 11.8 Å². The third-order valence-corrected chi connectivity index (χ3v) is 5.56. The topological polar surface area (TPSA) is 58.6 Å². The Labute approximate surface area is 188 Å². The van der Waals surface area contributed by atoms with Crippen molar-refractivity contribution in [1.29, 1.82) is 0 Å². The number of carbonyl (C=O) groups excluding carboxylic acids is 2. The first kappa shape index (κ1) is 21.4. The molecule has 0 radical (unpaired) electrons. The van der Waals surface area contributed by atoms with E-state index in [0.29, 0.717) is 22.6 Å². The van der Waals surface area contributed by atoms with Crippen molar-refractivity contribution in [1.82, 2.24) is 0 Å². The molecule has 0 spiro atoms. The number of nitrogens with one attached hydrogen (secondary N) is 1. The lowest BCUT2D eigenvalue weighted by molar-refractivity contribution is -0.120. The Morgan fingerprint density at radius 1 is 0.844 bits per heavy atom. The third kappa shape index (κ3) is 4.02. The Hall–Kier alpha value is -3.86. The predicted molar refractivity (Wildman–Crippen MR) is 128 cm³/mol. The van der Waals surface area contributed by atoms with Crippen LogP contribution in [-0.2, 0) is 16.0 Å². The molecule has 2 amide bonds. The quantitative estimate of drug-likeness (QED) is 0.546. The third-order valence-electron chi connectivity index (χ3n) is 5.56. The molecular formula is C27H26N2O3. The summed E-state index contributed by atoms with van der Waals surface area (Å²) in [4.78, 5) is 28.4. The SMILES string of the molecule is CCc1ccc(NC2=C(c3ccc(OC)cc3)C(=O)N(c3cc(C)cc(C)c3)C2=O)cc1. The van der Waals surface area contributed by atoms with Gasteiger partial charge in [-0.15, -0.1) is 0 Å². The van der Waals surface area contributed by atoms with E-state index in [1.165, 1.54) is 10.5 Å². The Morgan fingerprint density at radius 2 is 1.47 bits per heavy atom. The number of nitrogens with zero attached hydrogens (tertiary/aromatic N) is 1. The highest BCUT2D eigenvalue weighted by Gasteiger charge is 2.40. The Bertz CT molecular complexity index is 1190. The van der Waals surface area contributed by atoms with Crippen molar-refractivity contribution < 1.29 is 14.3 Å². The van der Waals surface area contributed by atoms with Gasteiger partial charge >= 0.3 is 0 Å². The molecule has 0 aromatic heterocycles. The van der Waals surface area contributed by atoms with E-state index in [1.54, 1.807) is 31.4 Å². The van der Waals surface area contributed by atoms with E-state index in [1.807, 2.05) is 56.3 Å². The zero-order valence-corrected chi connectivity index (χ0v) is 18.7. The van der Waals surface area contributed by atoms with Crippen LogP contribution < -0.4 is 15.0 Å². The van der Waals surface area contributed by atoms with Gasteiger partial charge in [0.05, 0.1) is 18.4 Å². The number of methoxy groups -OCH3 is 1. The zero-order chi connectivity index (χ0) is 22.8. The van der Waals surface area contributed by atoms with Crippen molar-refractivity contribution in [3.05, 3.63) is 94.7 Å². The summed E-state index contributed by atoms with van der Waals surface area (Å²) in [5.41, 5.74) is 5.77. The fraction of sp³-hybridized carbons (Fsp3) is 0.185. The Morgan fingerprint density at radius 3 is 2.03 bits per heavy atom. The molecule has 0 aliphatic carbocycles. The van der Waals surface area contributed by atoms with Gasteiger partial charge in [0.15, 0.2) is 0 Å². The molecule has 0 saturated carbocycles. The highest BCUT2D eigenvalue weighted by molar-refractivity contribution is 6.46. The molecule has 1 aliphatic rings. The summed E-state index contributed by atoms with van der Waals surface area (Å²) < 4.78 is 5.25. The maximum Gasteiger partial charge on any atom is 0.282 e. The first-order valence-corrected chi connectivity index (χ1v) is 10.6. The lowest BCUT2D eigenvalue weighted by Gasteiger charge is -2.17. The summed E-state index contributed by atoms with van der Waals surface area (Å²) in [5.74, 6) is -0.0369. The molecule has 0 atom stereocenters. The van der Waals surface area contributed by atoms with E-state index < -0.39 is 0 Å². The van der Waals surface area contributed by atoms with E-state index in [-0.39, 0.29) is 17.5 Å². The second-order valence-corrected chi connectivity index (χ2v) is 7.95. The first-order valence-electron chi connectivity index (χ1n) is 10.6. The standard InChI is InChI=1S/C27H26N2O3/c1-5-19-6-10-21(11-7-19)28-25-24(20-8-12-23(32-4)13-9-20)26(30)29(27(25)31)22-15-17(2)14-18(3)16-22/h6-16,28H,5H2,1-4H3. The molecule has 3 aromatic carbocycles. The van der Waals surface area contributed by atoms with Gasteiger partial charge in [-0.3, -0.25) is 9.59 Å². The summed E-state index contributed by atoms with van der Waals surface area (Å²) in [6.07, 6.45) is 0.929. The highest BCUT2D eigenvalue weighted by Crippen LogP contribution is 2.35. The number of ether oxygens (including phenoxy) is 1. The molecule has 3 aromatic rings. The molecule has 0 unspecified atom stereocenters. The van der Waals surface area contributed by atoms with E-state index in [4.69, 9.17) is 4.74 Å². The molecule has 1 aliphatic heterocycles. The number of anilines is 2. The van der Waals surface area contributed by atoms with Gasteiger partial charge in [-0.1, -0.05) is 37.3 Å². The number of benzene rings is 3.